The second kappa shape index (κ2) is 6.53. The maximum Gasteiger partial charge on any atom is 0.255 e. The molecule has 6 heteroatoms. The molecule has 1 saturated heterocycles. The van der Waals surface area contributed by atoms with E-state index in [1.165, 1.54) is 0 Å². The fraction of sp³-hybridized carbons (Fsp3) is 0.350. The molecule has 2 aromatic heterocycles. The van der Waals surface area contributed by atoms with Gasteiger partial charge in [-0.05, 0) is 25.5 Å². The Hall–Kier alpha value is -2.73. The van der Waals surface area contributed by atoms with Crippen LogP contribution in [0.3, 0.4) is 0 Å². The number of amides is 1. The first-order valence-electron chi connectivity index (χ1n) is 8.81. The van der Waals surface area contributed by atoms with Crippen LogP contribution in [0, 0.1) is 0 Å². The van der Waals surface area contributed by atoms with Crippen molar-refractivity contribution in [3.63, 3.8) is 0 Å². The molecule has 1 aliphatic heterocycles. The number of hydrogen-bond acceptors (Lipinski definition) is 4. The maximum absolute atomic E-state index is 12.8. The Labute approximate surface area is 152 Å². The van der Waals surface area contributed by atoms with Gasteiger partial charge in [0.05, 0.1) is 30.5 Å². The molecule has 3 aromatic rings. The second-order valence-electron chi connectivity index (χ2n) is 7.26. The Morgan fingerprint density at radius 2 is 2.04 bits per heavy atom. The Morgan fingerprint density at radius 3 is 2.81 bits per heavy atom. The highest BCUT2D eigenvalue weighted by molar-refractivity contribution is 5.97. The molecule has 0 bridgehead atoms. The molecule has 1 aromatic carbocycles. The molecule has 4 rings (SSSR count). The lowest BCUT2D eigenvalue weighted by Gasteiger charge is -2.38. The van der Waals surface area contributed by atoms with Gasteiger partial charge in [0.15, 0.2) is 5.65 Å². The van der Waals surface area contributed by atoms with E-state index in [1.807, 2.05) is 47.7 Å². The minimum Gasteiger partial charge on any atom is -0.372 e. The summed E-state index contributed by atoms with van der Waals surface area (Å²) in [4.78, 5) is 19.2. The first-order chi connectivity index (χ1) is 12.5. The van der Waals surface area contributed by atoms with E-state index in [4.69, 9.17) is 4.74 Å². The number of benzene rings is 1. The lowest BCUT2D eigenvalue weighted by Crippen LogP contribution is -2.50. The summed E-state index contributed by atoms with van der Waals surface area (Å²) in [6, 6.07) is 12.0. The van der Waals surface area contributed by atoms with Crippen LogP contribution in [0.5, 0.6) is 0 Å². The average Bonchev–Trinajstić information content (AvgIpc) is 3.03. The summed E-state index contributed by atoms with van der Waals surface area (Å²) in [7, 11) is 0. The Balaban J connectivity index is 1.58. The summed E-state index contributed by atoms with van der Waals surface area (Å²) in [5.41, 5.74) is 2.23. The van der Waals surface area contributed by atoms with Crippen molar-refractivity contribution < 1.29 is 9.53 Å². The predicted octanol–water partition coefficient (Wildman–Crippen LogP) is 2.73. The van der Waals surface area contributed by atoms with Gasteiger partial charge in [0.2, 0.25) is 0 Å². The zero-order valence-electron chi connectivity index (χ0n) is 15.1. The first-order valence-corrected chi connectivity index (χ1v) is 8.81. The van der Waals surface area contributed by atoms with Crippen LogP contribution in [0.25, 0.3) is 11.0 Å². The number of ether oxygens (including phenoxy) is 1. The maximum atomic E-state index is 12.8. The first kappa shape index (κ1) is 16.7. The molecule has 0 unspecified atom stereocenters. The highest BCUT2D eigenvalue weighted by Gasteiger charge is 2.30. The van der Waals surface area contributed by atoms with Crippen molar-refractivity contribution in [2.75, 3.05) is 19.7 Å². The summed E-state index contributed by atoms with van der Waals surface area (Å²) in [5.74, 6) is -0.00779. The van der Waals surface area contributed by atoms with Crippen molar-refractivity contribution in [1.29, 1.82) is 0 Å². The largest absolute Gasteiger partial charge is 0.372 e. The highest BCUT2D eigenvalue weighted by atomic mass is 16.5. The van der Waals surface area contributed by atoms with E-state index in [-0.39, 0.29) is 11.5 Å². The fourth-order valence-corrected chi connectivity index (χ4v) is 3.33. The molecule has 134 valence electrons. The van der Waals surface area contributed by atoms with Gasteiger partial charge in [0, 0.05) is 24.7 Å². The van der Waals surface area contributed by atoms with E-state index in [1.54, 1.807) is 12.4 Å². The van der Waals surface area contributed by atoms with Crippen LogP contribution in [-0.4, -0.2) is 50.9 Å². The molecule has 3 heterocycles. The highest BCUT2D eigenvalue weighted by Crippen LogP contribution is 2.20. The third kappa shape index (κ3) is 3.32. The van der Waals surface area contributed by atoms with Crippen LogP contribution in [0.15, 0.2) is 48.8 Å². The van der Waals surface area contributed by atoms with Gasteiger partial charge in [0.1, 0.15) is 0 Å². The molecule has 0 aliphatic carbocycles. The lowest BCUT2D eigenvalue weighted by atomic mass is 10.1. The number of rotatable bonds is 3. The third-order valence-electron chi connectivity index (χ3n) is 4.61. The van der Waals surface area contributed by atoms with Gasteiger partial charge in [-0.3, -0.25) is 4.79 Å². The van der Waals surface area contributed by atoms with Crippen LogP contribution in [0.2, 0.25) is 0 Å². The molecule has 26 heavy (non-hydrogen) atoms. The number of pyridine rings is 1. The van der Waals surface area contributed by atoms with E-state index in [0.717, 1.165) is 16.6 Å². The molecule has 6 nitrogen and oxygen atoms in total. The summed E-state index contributed by atoms with van der Waals surface area (Å²) in [6.07, 6.45) is 3.42. The fourth-order valence-electron chi connectivity index (χ4n) is 3.33. The van der Waals surface area contributed by atoms with Gasteiger partial charge in [-0.1, -0.05) is 30.3 Å². The number of nitrogens with zero attached hydrogens (tertiary/aromatic N) is 4. The summed E-state index contributed by atoms with van der Waals surface area (Å²) < 4.78 is 7.55. The molecule has 0 radical (unpaired) electrons. The minimum absolute atomic E-state index is 0.00779. The molecule has 0 saturated carbocycles. The van der Waals surface area contributed by atoms with Gasteiger partial charge in [-0.25, -0.2) is 9.67 Å². The Morgan fingerprint density at radius 1 is 1.23 bits per heavy atom. The smallest absolute Gasteiger partial charge is 0.255 e. The summed E-state index contributed by atoms with van der Waals surface area (Å²) in [5, 5.41) is 5.31. The quantitative estimate of drug-likeness (QED) is 0.729. The molecule has 0 N–H and O–H groups in total. The van der Waals surface area contributed by atoms with Crippen molar-refractivity contribution in [3.05, 3.63) is 59.9 Å². The van der Waals surface area contributed by atoms with Crippen molar-refractivity contribution >= 4 is 16.9 Å². The standard InChI is InChI=1S/C20H22N4O2/c1-20(2)14-23(8-9-26-20)19(25)17-10-16-12-22-24(18(16)21-11-17)13-15-6-4-3-5-7-15/h3-7,10-12H,8-9,13-14H2,1-2H3. The SMILES string of the molecule is CC1(C)CN(C(=O)c2cnc3c(cnn3Cc3ccccc3)c2)CCO1. The van der Waals surface area contributed by atoms with E-state index in [0.29, 0.717) is 31.8 Å². The number of morpholine rings is 1. The molecule has 1 amide bonds. The monoisotopic (exact) mass is 350 g/mol. The van der Waals surface area contributed by atoms with E-state index < -0.39 is 0 Å². The number of fused-ring (bicyclic) bond motifs is 1. The summed E-state index contributed by atoms with van der Waals surface area (Å²) >= 11 is 0. The van der Waals surface area contributed by atoms with Gasteiger partial charge in [0.25, 0.3) is 5.91 Å². The summed E-state index contributed by atoms with van der Waals surface area (Å²) in [6.45, 7) is 6.40. The number of hydrogen-bond donors (Lipinski definition) is 0. The molecule has 1 aliphatic rings. The van der Waals surface area contributed by atoms with Crippen molar-refractivity contribution in [3.8, 4) is 0 Å². The number of carbonyl (C=O) groups excluding carboxylic acids is 1. The van der Waals surface area contributed by atoms with Crippen molar-refractivity contribution in [2.24, 2.45) is 0 Å². The van der Waals surface area contributed by atoms with Gasteiger partial charge < -0.3 is 9.64 Å². The lowest BCUT2D eigenvalue weighted by molar-refractivity contribution is -0.0764. The predicted molar refractivity (Wildman–Crippen MR) is 99.0 cm³/mol. The molecule has 0 spiro atoms. The average molecular weight is 350 g/mol. The van der Waals surface area contributed by atoms with Gasteiger partial charge in [-0.2, -0.15) is 5.10 Å². The minimum atomic E-state index is -0.313. The second-order valence-corrected chi connectivity index (χ2v) is 7.26. The van der Waals surface area contributed by atoms with Crippen molar-refractivity contribution in [2.45, 2.75) is 26.0 Å². The van der Waals surface area contributed by atoms with Crippen LogP contribution in [-0.2, 0) is 11.3 Å². The van der Waals surface area contributed by atoms with Crippen LogP contribution >= 0.6 is 0 Å². The van der Waals surface area contributed by atoms with Crippen LogP contribution < -0.4 is 0 Å². The molecule has 1 fully saturated rings. The zero-order valence-corrected chi connectivity index (χ0v) is 15.1. The molecular formula is C20H22N4O2. The molecule has 0 atom stereocenters. The van der Waals surface area contributed by atoms with Gasteiger partial charge in [-0.15, -0.1) is 0 Å². The zero-order chi connectivity index (χ0) is 18.1. The Kier molecular flexibility index (Phi) is 4.20. The van der Waals surface area contributed by atoms with Crippen LogP contribution in [0.1, 0.15) is 29.8 Å². The normalized spacial score (nSPS) is 16.8. The topological polar surface area (TPSA) is 60.2 Å². The number of aromatic nitrogens is 3. The van der Waals surface area contributed by atoms with E-state index in [9.17, 15) is 4.79 Å². The Bertz CT molecular complexity index is 933. The van der Waals surface area contributed by atoms with Gasteiger partial charge >= 0.3 is 0 Å². The van der Waals surface area contributed by atoms with Crippen LogP contribution in [0.4, 0.5) is 0 Å². The third-order valence-corrected chi connectivity index (χ3v) is 4.61. The van der Waals surface area contributed by atoms with E-state index in [2.05, 4.69) is 22.2 Å². The number of carbonyl (C=O) groups is 1. The van der Waals surface area contributed by atoms with Crippen molar-refractivity contribution in [1.82, 2.24) is 19.7 Å². The molecular weight excluding hydrogens is 328 g/mol. The van der Waals surface area contributed by atoms with E-state index >= 15 is 0 Å².